The van der Waals surface area contributed by atoms with Gasteiger partial charge in [-0.3, -0.25) is 0 Å². The van der Waals surface area contributed by atoms with Crippen molar-refractivity contribution in [3.63, 3.8) is 0 Å². The lowest BCUT2D eigenvalue weighted by Crippen LogP contribution is -2.60. The lowest BCUT2D eigenvalue weighted by Gasteiger charge is -2.39. The Morgan fingerprint density at radius 2 is 1.67 bits per heavy atom. The largest absolute Gasteiger partial charge is 0.462 e. The molecule has 0 radical (unpaired) electrons. The van der Waals surface area contributed by atoms with Crippen molar-refractivity contribution >= 4 is 0 Å². The van der Waals surface area contributed by atoms with Gasteiger partial charge in [-0.15, -0.1) is 0 Å². The quantitative estimate of drug-likeness (QED) is 0.546. The third kappa shape index (κ3) is 2.63. The molecule has 0 saturated carbocycles. The topological polar surface area (TPSA) is 99.4 Å². The molecule has 1 saturated heterocycles. The van der Waals surface area contributed by atoms with Crippen LogP contribution < -0.4 is 4.74 Å². The zero-order chi connectivity index (χ0) is 13.1. The van der Waals surface area contributed by atoms with E-state index in [1.165, 1.54) is 0 Å². The smallest absolute Gasteiger partial charge is 0.229 e. The number of rotatable bonds is 3. The van der Waals surface area contributed by atoms with Gasteiger partial charge in [-0.1, -0.05) is 18.2 Å². The molecule has 1 aromatic rings. The van der Waals surface area contributed by atoms with Crippen LogP contribution >= 0.6 is 0 Å². The number of ether oxygens (including phenoxy) is 2. The average molecular weight is 256 g/mol. The molecular weight excluding hydrogens is 240 g/mol. The minimum Gasteiger partial charge on any atom is -0.462 e. The van der Waals surface area contributed by atoms with Crippen LogP contribution in [-0.2, 0) is 4.74 Å². The molecule has 4 N–H and O–H groups in total. The Bertz CT molecular complexity index is 368. The monoisotopic (exact) mass is 256 g/mol. The molecule has 0 aliphatic carbocycles. The number of aliphatic hydroxyl groups excluding tert-OH is 4. The Labute approximate surface area is 104 Å². The van der Waals surface area contributed by atoms with Gasteiger partial charge in [0, 0.05) is 0 Å². The number of hydrogen-bond acceptors (Lipinski definition) is 6. The first kappa shape index (κ1) is 13.3. The maximum absolute atomic E-state index is 9.74. The normalized spacial score (nSPS) is 36.3. The highest BCUT2D eigenvalue weighted by molar-refractivity contribution is 5.21. The molecule has 0 aromatic heterocycles. The molecule has 5 atom stereocenters. The van der Waals surface area contributed by atoms with Gasteiger partial charge in [0.2, 0.25) is 6.29 Å². The van der Waals surface area contributed by atoms with Crippen molar-refractivity contribution < 1.29 is 29.9 Å². The van der Waals surface area contributed by atoms with Gasteiger partial charge in [0.25, 0.3) is 0 Å². The second kappa shape index (κ2) is 5.64. The summed E-state index contributed by atoms with van der Waals surface area (Å²) in [7, 11) is 0. The molecule has 0 spiro atoms. The van der Waals surface area contributed by atoms with Crippen molar-refractivity contribution in [3.8, 4) is 5.75 Å². The van der Waals surface area contributed by atoms with Crippen molar-refractivity contribution in [3.05, 3.63) is 30.3 Å². The summed E-state index contributed by atoms with van der Waals surface area (Å²) in [5.74, 6) is 0.460. The highest BCUT2D eigenvalue weighted by Crippen LogP contribution is 2.23. The zero-order valence-corrected chi connectivity index (χ0v) is 9.59. The van der Waals surface area contributed by atoms with E-state index < -0.39 is 37.3 Å². The van der Waals surface area contributed by atoms with E-state index in [2.05, 4.69) is 0 Å². The Morgan fingerprint density at radius 3 is 2.28 bits per heavy atom. The molecule has 1 aliphatic rings. The third-order valence-corrected chi connectivity index (χ3v) is 2.84. The van der Waals surface area contributed by atoms with E-state index in [1.54, 1.807) is 30.3 Å². The summed E-state index contributed by atoms with van der Waals surface area (Å²) < 4.78 is 10.6. The highest BCUT2D eigenvalue weighted by atomic mass is 16.7. The average Bonchev–Trinajstić information content (AvgIpc) is 2.40. The molecule has 100 valence electrons. The molecule has 0 amide bonds. The van der Waals surface area contributed by atoms with Gasteiger partial charge in [0.15, 0.2) is 0 Å². The summed E-state index contributed by atoms with van der Waals surface area (Å²) in [5, 5.41) is 37.9. The van der Waals surface area contributed by atoms with E-state index >= 15 is 0 Å². The molecule has 6 heteroatoms. The molecule has 1 aliphatic heterocycles. The van der Waals surface area contributed by atoms with Crippen LogP contribution in [0.4, 0.5) is 0 Å². The molecule has 0 unspecified atom stereocenters. The van der Waals surface area contributed by atoms with Crippen LogP contribution in [0.3, 0.4) is 0 Å². The molecule has 2 rings (SSSR count). The van der Waals surface area contributed by atoms with Gasteiger partial charge in [-0.25, -0.2) is 0 Å². The summed E-state index contributed by atoms with van der Waals surface area (Å²) in [5.41, 5.74) is 0. The van der Waals surface area contributed by atoms with E-state index in [0.29, 0.717) is 5.75 Å². The van der Waals surface area contributed by atoms with E-state index in [0.717, 1.165) is 0 Å². The second-order valence-electron chi connectivity index (χ2n) is 4.13. The van der Waals surface area contributed by atoms with E-state index in [-0.39, 0.29) is 0 Å². The zero-order valence-electron chi connectivity index (χ0n) is 9.59. The minimum atomic E-state index is -1.43. The van der Waals surface area contributed by atoms with Crippen molar-refractivity contribution in [1.29, 1.82) is 0 Å². The highest BCUT2D eigenvalue weighted by Gasteiger charge is 2.44. The summed E-state index contributed by atoms with van der Waals surface area (Å²) in [4.78, 5) is 0. The number of benzene rings is 1. The predicted octanol–water partition coefficient (Wildman–Crippen LogP) is -1.13. The third-order valence-electron chi connectivity index (χ3n) is 2.84. The molecule has 1 heterocycles. The van der Waals surface area contributed by atoms with Crippen molar-refractivity contribution in [2.24, 2.45) is 0 Å². The van der Waals surface area contributed by atoms with Crippen LogP contribution in [0, 0.1) is 0 Å². The summed E-state index contributed by atoms with van der Waals surface area (Å²) >= 11 is 0. The van der Waals surface area contributed by atoms with E-state index in [1.807, 2.05) is 0 Å². The summed E-state index contributed by atoms with van der Waals surface area (Å²) in [6.07, 6.45) is -6.28. The van der Waals surface area contributed by atoms with E-state index in [9.17, 15) is 15.3 Å². The van der Waals surface area contributed by atoms with Crippen LogP contribution in [0.5, 0.6) is 5.75 Å². The fourth-order valence-corrected chi connectivity index (χ4v) is 1.80. The number of hydrogen-bond donors (Lipinski definition) is 4. The fraction of sp³-hybridized carbons (Fsp3) is 0.500. The second-order valence-corrected chi connectivity index (χ2v) is 4.13. The maximum Gasteiger partial charge on any atom is 0.229 e. The molecule has 6 nitrogen and oxygen atoms in total. The number of aliphatic hydroxyl groups is 4. The van der Waals surface area contributed by atoms with Crippen LogP contribution in [0.25, 0.3) is 0 Å². The molecular formula is C12H16O6. The van der Waals surface area contributed by atoms with Gasteiger partial charge in [0.1, 0.15) is 30.2 Å². The lowest BCUT2D eigenvalue weighted by atomic mass is 9.99. The molecule has 18 heavy (non-hydrogen) atoms. The molecule has 1 aromatic carbocycles. The Balaban J connectivity index is 2.08. The van der Waals surface area contributed by atoms with Crippen molar-refractivity contribution in [2.45, 2.75) is 30.7 Å². The SMILES string of the molecule is OC[C@H]1O[C@H](Oc2ccccc2)[C@H](O)[C@@H](O)[C@@H]1O. The fourth-order valence-electron chi connectivity index (χ4n) is 1.80. The Kier molecular flexibility index (Phi) is 4.15. The Morgan fingerprint density at radius 1 is 1.00 bits per heavy atom. The van der Waals surface area contributed by atoms with E-state index in [4.69, 9.17) is 14.6 Å². The van der Waals surface area contributed by atoms with Gasteiger partial charge in [0.05, 0.1) is 6.61 Å². The van der Waals surface area contributed by atoms with Gasteiger partial charge < -0.3 is 29.9 Å². The van der Waals surface area contributed by atoms with Crippen LogP contribution in [0.2, 0.25) is 0 Å². The maximum atomic E-state index is 9.74. The van der Waals surface area contributed by atoms with Crippen molar-refractivity contribution in [1.82, 2.24) is 0 Å². The Hall–Kier alpha value is -1.18. The molecule has 0 bridgehead atoms. The standard InChI is InChI=1S/C12H16O6/c13-6-8-9(14)10(15)11(16)12(18-8)17-7-4-2-1-3-5-7/h1-5,8-16H,6H2/t8-,9-,10+,11-,12+/m1/s1. The van der Waals surface area contributed by atoms with Crippen LogP contribution in [0.1, 0.15) is 0 Å². The molecule has 1 fully saturated rings. The summed E-state index contributed by atoms with van der Waals surface area (Å²) in [6.45, 7) is -0.473. The van der Waals surface area contributed by atoms with Crippen LogP contribution in [0.15, 0.2) is 30.3 Å². The van der Waals surface area contributed by atoms with Gasteiger partial charge >= 0.3 is 0 Å². The first-order valence-corrected chi connectivity index (χ1v) is 5.65. The van der Waals surface area contributed by atoms with Crippen molar-refractivity contribution in [2.75, 3.05) is 6.61 Å². The lowest BCUT2D eigenvalue weighted by molar-refractivity contribution is -0.277. The summed E-state index contributed by atoms with van der Waals surface area (Å²) in [6, 6.07) is 8.64. The first-order chi connectivity index (χ1) is 8.63. The predicted molar refractivity (Wildman–Crippen MR) is 60.8 cm³/mol. The first-order valence-electron chi connectivity index (χ1n) is 5.65. The van der Waals surface area contributed by atoms with Gasteiger partial charge in [-0.2, -0.15) is 0 Å². The van der Waals surface area contributed by atoms with Gasteiger partial charge in [-0.05, 0) is 12.1 Å². The van der Waals surface area contributed by atoms with Crippen LogP contribution in [-0.4, -0.2) is 57.7 Å². The number of para-hydroxylation sites is 1. The minimum absolute atomic E-state index is 0.460.